The van der Waals surface area contributed by atoms with E-state index in [2.05, 4.69) is 108 Å². The van der Waals surface area contributed by atoms with Crippen LogP contribution in [0.5, 0.6) is 0 Å². The molecule has 3 aromatic carbocycles. The second kappa shape index (κ2) is 12.6. The molecule has 0 aliphatic rings. The Labute approximate surface area is 228 Å². The average Bonchev–Trinajstić information content (AvgIpc) is 2.90. The van der Waals surface area contributed by atoms with Crippen molar-refractivity contribution in [3.8, 4) is 12.1 Å². The minimum absolute atomic E-state index is 0.0590. The Morgan fingerprint density at radius 3 is 2.23 bits per heavy atom. The highest BCUT2D eigenvalue weighted by Gasteiger charge is 2.34. The van der Waals surface area contributed by atoms with Gasteiger partial charge in [-0.1, -0.05) is 71.1 Å². The third-order valence-electron chi connectivity index (χ3n) is 6.55. The quantitative estimate of drug-likeness (QED) is 0.148. The molecular weight excluding hydrogens is 561 g/mol. The van der Waals surface area contributed by atoms with E-state index in [1.165, 1.54) is 16.0 Å². The van der Waals surface area contributed by atoms with Crippen molar-refractivity contribution in [3.63, 3.8) is 0 Å². The summed E-state index contributed by atoms with van der Waals surface area (Å²) >= 11 is 4.09. The van der Waals surface area contributed by atoms with Gasteiger partial charge < -0.3 is 5.32 Å². The van der Waals surface area contributed by atoms with Gasteiger partial charge in [0.15, 0.2) is 0 Å². The molecule has 3 rings (SSSR count). The van der Waals surface area contributed by atoms with Gasteiger partial charge in [-0.15, -0.1) is 11.8 Å². The molecule has 1 N–H and O–H groups in total. The van der Waals surface area contributed by atoms with Gasteiger partial charge in [-0.05, 0) is 80.0 Å². The van der Waals surface area contributed by atoms with Gasteiger partial charge in [-0.2, -0.15) is 10.5 Å². The highest BCUT2D eigenvalue weighted by molar-refractivity contribution is 14.1. The van der Waals surface area contributed by atoms with Crippen LogP contribution in [0.15, 0.2) is 77.7 Å². The van der Waals surface area contributed by atoms with Crippen LogP contribution in [-0.4, -0.2) is 12.3 Å². The number of hydrogen-bond donors (Lipinski definition) is 1. The maximum absolute atomic E-state index is 10.0. The molecule has 0 fully saturated rings. The van der Waals surface area contributed by atoms with Crippen LogP contribution in [0.1, 0.15) is 60.5 Å². The standard InChI is InChI=1S/C30H32IN3S/c1-21(34-29(30(2,3)20-33)26-9-6-10-27(17-26)35-4)28(25-8-5-7-24(15-25)19-32)16-22-11-13-23(18-31)14-12-22/h5-15,17,21,28-29,34H,16,18H2,1-4H3/t21-,28+,29?/m0/s1. The van der Waals surface area contributed by atoms with Crippen LogP contribution in [-0.2, 0) is 10.8 Å². The average molecular weight is 594 g/mol. The zero-order valence-corrected chi connectivity index (χ0v) is 23.7. The molecule has 0 bridgehead atoms. The third kappa shape index (κ3) is 7.10. The fourth-order valence-electron chi connectivity index (χ4n) is 4.43. The van der Waals surface area contributed by atoms with E-state index in [-0.39, 0.29) is 18.0 Å². The van der Waals surface area contributed by atoms with E-state index < -0.39 is 5.41 Å². The minimum atomic E-state index is -0.605. The third-order valence-corrected chi connectivity index (χ3v) is 8.15. The van der Waals surface area contributed by atoms with Crippen LogP contribution >= 0.6 is 34.4 Å². The fourth-order valence-corrected chi connectivity index (χ4v) is 5.40. The van der Waals surface area contributed by atoms with Gasteiger partial charge in [0, 0.05) is 21.3 Å². The number of nitrogens with zero attached hydrogens (tertiary/aromatic N) is 2. The van der Waals surface area contributed by atoms with E-state index in [1.807, 2.05) is 32.0 Å². The predicted octanol–water partition coefficient (Wildman–Crippen LogP) is 7.81. The van der Waals surface area contributed by atoms with Crippen LogP contribution in [0.4, 0.5) is 0 Å². The molecule has 0 saturated carbocycles. The van der Waals surface area contributed by atoms with Gasteiger partial charge >= 0.3 is 0 Å². The van der Waals surface area contributed by atoms with Gasteiger partial charge in [0.05, 0.1) is 29.2 Å². The first-order valence-corrected chi connectivity index (χ1v) is 14.5. The van der Waals surface area contributed by atoms with Crippen molar-refractivity contribution in [1.82, 2.24) is 5.32 Å². The van der Waals surface area contributed by atoms with E-state index >= 15 is 0 Å². The first kappa shape index (κ1) is 27.3. The van der Waals surface area contributed by atoms with E-state index in [0.717, 1.165) is 22.0 Å². The molecular formula is C30H32IN3S. The van der Waals surface area contributed by atoms with Gasteiger partial charge in [-0.25, -0.2) is 0 Å². The summed E-state index contributed by atoms with van der Waals surface area (Å²) in [4.78, 5) is 1.18. The molecule has 3 aromatic rings. The van der Waals surface area contributed by atoms with Crippen molar-refractivity contribution in [2.75, 3.05) is 6.26 Å². The van der Waals surface area contributed by atoms with E-state index in [4.69, 9.17) is 0 Å². The summed E-state index contributed by atoms with van der Waals surface area (Å²) in [5.74, 6) is 0.134. The molecule has 35 heavy (non-hydrogen) atoms. The molecule has 1 unspecified atom stereocenters. The number of alkyl halides is 1. The van der Waals surface area contributed by atoms with E-state index in [0.29, 0.717) is 5.56 Å². The second-order valence-corrected chi connectivity index (χ2v) is 11.1. The molecule has 3 nitrogen and oxygen atoms in total. The Balaban J connectivity index is 1.99. The molecule has 0 heterocycles. The largest absolute Gasteiger partial charge is 0.305 e. The van der Waals surface area contributed by atoms with Crippen molar-refractivity contribution in [2.45, 2.75) is 54.5 Å². The summed E-state index contributed by atoms with van der Waals surface area (Å²) in [5, 5.41) is 23.4. The fraction of sp³-hybridized carbons (Fsp3) is 0.333. The molecule has 0 aliphatic heterocycles. The van der Waals surface area contributed by atoms with Crippen molar-refractivity contribution in [1.29, 1.82) is 10.5 Å². The normalized spacial score (nSPS) is 13.9. The topological polar surface area (TPSA) is 59.6 Å². The van der Waals surface area contributed by atoms with Gasteiger partial charge in [0.2, 0.25) is 0 Å². The molecule has 0 aliphatic carbocycles. The summed E-state index contributed by atoms with van der Waals surface area (Å²) in [5.41, 5.74) is 4.89. The van der Waals surface area contributed by atoms with E-state index in [9.17, 15) is 10.5 Å². The lowest BCUT2D eigenvalue weighted by Crippen LogP contribution is -2.42. The highest BCUT2D eigenvalue weighted by Crippen LogP contribution is 2.36. The molecule has 0 saturated heterocycles. The lowest BCUT2D eigenvalue weighted by molar-refractivity contribution is 0.280. The molecule has 3 atom stereocenters. The summed E-state index contributed by atoms with van der Waals surface area (Å²) in [6.07, 6.45) is 2.91. The summed E-state index contributed by atoms with van der Waals surface area (Å²) in [7, 11) is 0. The molecule has 5 heteroatoms. The molecule has 0 spiro atoms. The molecule has 180 valence electrons. The predicted molar refractivity (Wildman–Crippen MR) is 155 cm³/mol. The van der Waals surface area contributed by atoms with Crippen LogP contribution in [0.25, 0.3) is 0 Å². The van der Waals surface area contributed by atoms with Crippen LogP contribution in [0.3, 0.4) is 0 Å². The monoisotopic (exact) mass is 593 g/mol. The zero-order chi connectivity index (χ0) is 25.4. The Morgan fingerprint density at radius 1 is 0.943 bits per heavy atom. The number of thioether (sulfide) groups is 1. The number of halogens is 1. The van der Waals surface area contributed by atoms with Crippen LogP contribution < -0.4 is 5.32 Å². The molecule has 0 amide bonds. The van der Waals surface area contributed by atoms with Gasteiger partial charge in [0.25, 0.3) is 0 Å². The first-order valence-electron chi connectivity index (χ1n) is 11.8. The maximum Gasteiger partial charge on any atom is 0.0991 e. The minimum Gasteiger partial charge on any atom is -0.305 e. The Bertz CT molecular complexity index is 1210. The van der Waals surface area contributed by atoms with Crippen molar-refractivity contribution in [2.24, 2.45) is 5.41 Å². The summed E-state index contributed by atoms with van der Waals surface area (Å²) < 4.78 is 0.990. The first-order chi connectivity index (χ1) is 16.8. The summed E-state index contributed by atoms with van der Waals surface area (Å²) in [6, 6.07) is 29.9. The smallest absolute Gasteiger partial charge is 0.0991 e. The number of nitriles is 2. The van der Waals surface area contributed by atoms with Gasteiger partial charge in [0.1, 0.15) is 0 Å². The number of hydrogen-bond acceptors (Lipinski definition) is 4. The zero-order valence-electron chi connectivity index (χ0n) is 20.8. The Hall–Kier alpha value is -2.32. The molecule has 0 aromatic heterocycles. The SMILES string of the molecule is CSc1cccc(C(N[C@@H](C)[C@@H](Cc2ccc(CI)cc2)c2cccc(C#N)c2)C(C)(C)C#N)c1. The molecule has 0 radical (unpaired) electrons. The van der Waals surface area contributed by atoms with Crippen molar-refractivity contribution < 1.29 is 0 Å². The number of nitrogens with one attached hydrogen (secondary N) is 1. The summed E-state index contributed by atoms with van der Waals surface area (Å²) in [6.45, 7) is 6.19. The van der Waals surface area contributed by atoms with Gasteiger partial charge in [-0.3, -0.25) is 0 Å². The van der Waals surface area contributed by atoms with Crippen molar-refractivity contribution in [3.05, 3.63) is 101 Å². The number of benzene rings is 3. The Kier molecular flexibility index (Phi) is 9.80. The lowest BCUT2D eigenvalue weighted by Gasteiger charge is -2.36. The maximum atomic E-state index is 10.0. The van der Waals surface area contributed by atoms with Crippen molar-refractivity contribution >= 4 is 34.4 Å². The van der Waals surface area contributed by atoms with Crippen LogP contribution in [0.2, 0.25) is 0 Å². The lowest BCUT2D eigenvalue weighted by atomic mass is 9.79. The number of rotatable bonds is 10. The second-order valence-electron chi connectivity index (χ2n) is 9.50. The Morgan fingerprint density at radius 2 is 1.60 bits per heavy atom. The van der Waals surface area contributed by atoms with Crippen LogP contribution in [0, 0.1) is 28.1 Å². The van der Waals surface area contributed by atoms with E-state index in [1.54, 1.807) is 11.8 Å². The highest BCUT2D eigenvalue weighted by atomic mass is 127.